The van der Waals surface area contributed by atoms with Gasteiger partial charge in [0.1, 0.15) is 0 Å². The normalized spacial score (nSPS) is 28.2. The number of amides is 3. The summed E-state index contributed by atoms with van der Waals surface area (Å²) in [6, 6.07) is -0.370. The average Bonchev–Trinajstić information content (AvgIpc) is 2.11. The summed E-state index contributed by atoms with van der Waals surface area (Å²) < 4.78 is 0. The molecule has 0 aromatic carbocycles. The number of urea groups is 1. The largest absolute Gasteiger partial charge is 0.337 e. The van der Waals surface area contributed by atoms with E-state index in [2.05, 4.69) is 10.6 Å². The molecule has 1 heterocycles. The standard InChI is InChI=1S/C9H16N2O2/c1-3-5-9(4-2)6-10-8(13)11-7(9)12/h3-6H2,1-2H3,(H2,10,11,12,13)/t9-/m1/s1. The smallest absolute Gasteiger partial charge is 0.321 e. The van der Waals surface area contributed by atoms with Gasteiger partial charge in [-0.1, -0.05) is 20.3 Å². The van der Waals surface area contributed by atoms with Crippen molar-refractivity contribution in [2.24, 2.45) is 5.41 Å². The van der Waals surface area contributed by atoms with Crippen molar-refractivity contribution in [1.82, 2.24) is 10.6 Å². The Balaban J connectivity index is 2.74. The van der Waals surface area contributed by atoms with Gasteiger partial charge in [0, 0.05) is 6.54 Å². The molecule has 0 bridgehead atoms. The third-order valence-corrected chi connectivity index (χ3v) is 2.70. The number of hydrogen-bond acceptors (Lipinski definition) is 2. The molecule has 4 heteroatoms. The maximum atomic E-state index is 11.6. The first-order valence-electron chi connectivity index (χ1n) is 4.74. The zero-order valence-corrected chi connectivity index (χ0v) is 8.14. The first-order valence-corrected chi connectivity index (χ1v) is 4.74. The highest BCUT2D eigenvalue weighted by Gasteiger charge is 2.40. The van der Waals surface area contributed by atoms with Crippen LogP contribution >= 0.6 is 0 Å². The van der Waals surface area contributed by atoms with E-state index < -0.39 is 0 Å². The Kier molecular flexibility index (Phi) is 2.90. The number of carbonyl (C=O) groups is 2. The van der Waals surface area contributed by atoms with E-state index in [1.165, 1.54) is 0 Å². The van der Waals surface area contributed by atoms with Crippen molar-refractivity contribution in [3.05, 3.63) is 0 Å². The minimum absolute atomic E-state index is 0.124. The van der Waals surface area contributed by atoms with Crippen molar-refractivity contribution >= 4 is 11.9 Å². The fourth-order valence-corrected chi connectivity index (χ4v) is 1.75. The molecule has 0 unspecified atom stereocenters. The molecule has 0 aliphatic carbocycles. The van der Waals surface area contributed by atoms with E-state index in [9.17, 15) is 9.59 Å². The lowest BCUT2D eigenvalue weighted by Crippen LogP contribution is -2.58. The van der Waals surface area contributed by atoms with E-state index >= 15 is 0 Å². The first-order chi connectivity index (χ1) is 6.14. The molecule has 0 aromatic heterocycles. The summed E-state index contributed by atoms with van der Waals surface area (Å²) in [6.07, 6.45) is 2.56. The first kappa shape index (κ1) is 10.0. The second-order valence-corrected chi connectivity index (χ2v) is 3.52. The molecule has 1 aliphatic heterocycles. The van der Waals surface area contributed by atoms with E-state index in [4.69, 9.17) is 0 Å². The van der Waals surface area contributed by atoms with Gasteiger partial charge in [-0.3, -0.25) is 10.1 Å². The molecule has 1 fully saturated rings. The van der Waals surface area contributed by atoms with Crippen LogP contribution in [0.25, 0.3) is 0 Å². The summed E-state index contributed by atoms with van der Waals surface area (Å²) in [5.74, 6) is -0.124. The summed E-state index contributed by atoms with van der Waals surface area (Å²) in [6.45, 7) is 4.50. The van der Waals surface area contributed by atoms with Crippen LogP contribution in [-0.2, 0) is 4.79 Å². The molecule has 4 nitrogen and oxygen atoms in total. The van der Waals surface area contributed by atoms with Crippen LogP contribution in [0.3, 0.4) is 0 Å². The summed E-state index contributed by atoms with van der Waals surface area (Å²) in [5, 5.41) is 4.99. The molecule has 13 heavy (non-hydrogen) atoms. The Morgan fingerprint density at radius 3 is 2.54 bits per heavy atom. The van der Waals surface area contributed by atoms with Crippen molar-refractivity contribution in [1.29, 1.82) is 0 Å². The highest BCUT2D eigenvalue weighted by atomic mass is 16.2. The van der Waals surface area contributed by atoms with Crippen molar-refractivity contribution in [3.63, 3.8) is 0 Å². The van der Waals surface area contributed by atoms with Crippen LogP contribution in [0.15, 0.2) is 0 Å². The topological polar surface area (TPSA) is 58.2 Å². The van der Waals surface area contributed by atoms with Crippen LogP contribution in [0.2, 0.25) is 0 Å². The van der Waals surface area contributed by atoms with Crippen LogP contribution in [-0.4, -0.2) is 18.5 Å². The van der Waals surface area contributed by atoms with E-state index in [1.54, 1.807) is 0 Å². The number of nitrogens with one attached hydrogen (secondary N) is 2. The molecule has 0 aromatic rings. The van der Waals surface area contributed by atoms with Gasteiger partial charge in [0.05, 0.1) is 5.41 Å². The number of hydrogen-bond donors (Lipinski definition) is 2. The Bertz CT molecular complexity index is 228. The van der Waals surface area contributed by atoms with Crippen LogP contribution in [0.5, 0.6) is 0 Å². The van der Waals surface area contributed by atoms with Gasteiger partial charge >= 0.3 is 6.03 Å². The van der Waals surface area contributed by atoms with Gasteiger partial charge in [0.25, 0.3) is 0 Å². The zero-order chi connectivity index (χ0) is 9.90. The fraction of sp³-hybridized carbons (Fsp3) is 0.778. The molecule has 3 amide bonds. The van der Waals surface area contributed by atoms with Gasteiger partial charge < -0.3 is 5.32 Å². The highest BCUT2D eigenvalue weighted by Crippen LogP contribution is 2.29. The lowest BCUT2D eigenvalue weighted by molar-refractivity contribution is -0.131. The van der Waals surface area contributed by atoms with Gasteiger partial charge in [-0.2, -0.15) is 0 Å². The monoisotopic (exact) mass is 184 g/mol. The molecular formula is C9H16N2O2. The molecule has 74 valence electrons. The SMILES string of the molecule is CCC[C@]1(CC)CNC(=O)NC1=O. The summed E-state index contributed by atoms with van der Waals surface area (Å²) in [4.78, 5) is 22.4. The van der Waals surface area contributed by atoms with Crippen molar-refractivity contribution in [2.75, 3.05) is 6.54 Å². The Morgan fingerprint density at radius 2 is 2.08 bits per heavy atom. The van der Waals surface area contributed by atoms with Gasteiger partial charge in [-0.25, -0.2) is 4.79 Å². The molecule has 0 radical (unpaired) electrons. The van der Waals surface area contributed by atoms with Crippen LogP contribution in [0.4, 0.5) is 4.79 Å². The third kappa shape index (κ3) is 1.82. The summed E-state index contributed by atoms with van der Waals surface area (Å²) >= 11 is 0. The highest BCUT2D eigenvalue weighted by molar-refractivity contribution is 5.99. The van der Waals surface area contributed by atoms with Gasteiger partial charge in [0.2, 0.25) is 5.91 Å². The lowest BCUT2D eigenvalue weighted by atomic mass is 9.79. The lowest BCUT2D eigenvalue weighted by Gasteiger charge is -2.34. The summed E-state index contributed by atoms with van der Waals surface area (Å²) in [7, 11) is 0. The minimum Gasteiger partial charge on any atom is -0.337 e. The Morgan fingerprint density at radius 1 is 1.38 bits per heavy atom. The number of imide groups is 1. The maximum absolute atomic E-state index is 11.6. The predicted molar refractivity (Wildman–Crippen MR) is 49.2 cm³/mol. The molecule has 0 saturated carbocycles. The minimum atomic E-state index is -0.372. The van der Waals surface area contributed by atoms with E-state index in [0.717, 1.165) is 19.3 Å². The second-order valence-electron chi connectivity index (χ2n) is 3.52. The third-order valence-electron chi connectivity index (χ3n) is 2.70. The number of carbonyl (C=O) groups excluding carboxylic acids is 2. The fourth-order valence-electron chi connectivity index (χ4n) is 1.75. The maximum Gasteiger partial charge on any atom is 0.321 e. The zero-order valence-electron chi connectivity index (χ0n) is 8.14. The van der Waals surface area contributed by atoms with E-state index in [0.29, 0.717) is 6.54 Å². The van der Waals surface area contributed by atoms with Gasteiger partial charge in [0.15, 0.2) is 0 Å². The molecule has 0 spiro atoms. The Labute approximate surface area is 78.1 Å². The molecule has 1 atom stereocenters. The van der Waals surface area contributed by atoms with E-state index in [1.807, 2.05) is 13.8 Å². The quantitative estimate of drug-likeness (QED) is 0.688. The molecule has 2 N–H and O–H groups in total. The molecule has 1 aliphatic rings. The van der Waals surface area contributed by atoms with Crippen LogP contribution in [0, 0.1) is 5.41 Å². The average molecular weight is 184 g/mol. The van der Waals surface area contributed by atoms with E-state index in [-0.39, 0.29) is 17.4 Å². The van der Waals surface area contributed by atoms with Crippen molar-refractivity contribution < 1.29 is 9.59 Å². The second kappa shape index (κ2) is 3.77. The van der Waals surface area contributed by atoms with Crippen molar-refractivity contribution in [3.8, 4) is 0 Å². The van der Waals surface area contributed by atoms with Gasteiger partial charge in [-0.05, 0) is 12.8 Å². The summed E-state index contributed by atoms with van der Waals surface area (Å²) in [5.41, 5.74) is -0.372. The Hall–Kier alpha value is -1.06. The molecule has 1 saturated heterocycles. The predicted octanol–water partition coefficient (Wildman–Crippen LogP) is 1.02. The van der Waals surface area contributed by atoms with Crippen LogP contribution < -0.4 is 10.6 Å². The van der Waals surface area contributed by atoms with Crippen LogP contribution in [0.1, 0.15) is 33.1 Å². The van der Waals surface area contributed by atoms with Crippen molar-refractivity contribution in [2.45, 2.75) is 33.1 Å². The molecular weight excluding hydrogens is 168 g/mol. The van der Waals surface area contributed by atoms with Gasteiger partial charge in [-0.15, -0.1) is 0 Å². The molecule has 1 rings (SSSR count). The number of rotatable bonds is 3.